The van der Waals surface area contributed by atoms with E-state index in [1.807, 2.05) is 11.9 Å². The summed E-state index contributed by atoms with van der Waals surface area (Å²) < 4.78 is 38.7. The smallest absolute Gasteiger partial charge is 0.355 e. The summed E-state index contributed by atoms with van der Waals surface area (Å²) in [6, 6.07) is 9.67. The van der Waals surface area contributed by atoms with Gasteiger partial charge in [-0.15, -0.1) is 11.8 Å². The van der Waals surface area contributed by atoms with Crippen molar-refractivity contribution in [3.05, 3.63) is 47.9 Å². The molecule has 1 aliphatic heterocycles. The van der Waals surface area contributed by atoms with Gasteiger partial charge in [0.25, 0.3) is 0 Å². The Morgan fingerprint density at radius 3 is 2.63 bits per heavy atom. The van der Waals surface area contributed by atoms with Crippen LogP contribution >= 0.6 is 11.8 Å². The Bertz CT molecular complexity index is 751. The zero-order valence-electron chi connectivity index (χ0n) is 15.4. The van der Waals surface area contributed by atoms with Gasteiger partial charge in [-0.3, -0.25) is 4.90 Å². The summed E-state index contributed by atoms with van der Waals surface area (Å²) in [4.78, 5) is 12.8. The molecule has 3 rings (SSSR count). The third-order valence-electron chi connectivity index (χ3n) is 4.90. The highest BCUT2D eigenvalue weighted by Gasteiger charge is 2.33. The average molecular weight is 396 g/mol. The summed E-state index contributed by atoms with van der Waals surface area (Å²) >= 11 is 1.72. The van der Waals surface area contributed by atoms with Crippen molar-refractivity contribution in [3.63, 3.8) is 0 Å². The molecule has 1 unspecified atom stereocenters. The number of rotatable bonds is 5. The molecule has 1 atom stereocenters. The normalized spacial score (nSPS) is 18.5. The van der Waals surface area contributed by atoms with Gasteiger partial charge < -0.3 is 4.90 Å². The van der Waals surface area contributed by atoms with Gasteiger partial charge in [0, 0.05) is 37.1 Å². The number of nitrogens with zero attached hydrogens (tertiary/aromatic N) is 4. The first-order valence-electron chi connectivity index (χ1n) is 8.84. The molecule has 1 aliphatic rings. The van der Waals surface area contributed by atoms with Crippen LogP contribution in [0.1, 0.15) is 24.1 Å². The second-order valence-corrected chi connectivity index (χ2v) is 7.63. The third-order valence-corrected chi connectivity index (χ3v) is 5.64. The molecule has 0 N–H and O–H groups in total. The second kappa shape index (κ2) is 8.48. The average Bonchev–Trinajstić information content (AvgIpc) is 2.68. The van der Waals surface area contributed by atoms with Gasteiger partial charge in [0.15, 0.2) is 0 Å². The van der Waals surface area contributed by atoms with E-state index in [2.05, 4.69) is 45.4 Å². The van der Waals surface area contributed by atoms with Crippen LogP contribution in [0, 0.1) is 0 Å². The van der Waals surface area contributed by atoms with Crippen molar-refractivity contribution in [2.75, 3.05) is 31.3 Å². The Hall–Kier alpha value is -1.80. The van der Waals surface area contributed by atoms with Crippen molar-refractivity contribution in [2.45, 2.75) is 36.5 Å². The highest BCUT2D eigenvalue weighted by atomic mass is 32.2. The van der Waals surface area contributed by atoms with Crippen molar-refractivity contribution >= 4 is 17.6 Å². The molecule has 146 valence electrons. The van der Waals surface area contributed by atoms with Crippen molar-refractivity contribution in [1.82, 2.24) is 14.9 Å². The van der Waals surface area contributed by atoms with Gasteiger partial charge >= 0.3 is 6.18 Å². The number of piperidine rings is 1. The first kappa shape index (κ1) is 19.9. The fraction of sp³-hybridized carbons (Fsp3) is 0.474. The Labute approximate surface area is 161 Å². The highest BCUT2D eigenvalue weighted by Crippen LogP contribution is 2.30. The fourth-order valence-corrected chi connectivity index (χ4v) is 3.77. The Balaban J connectivity index is 1.66. The van der Waals surface area contributed by atoms with Crippen LogP contribution in [-0.2, 0) is 12.7 Å². The number of aromatic nitrogens is 2. The number of benzene rings is 1. The molecule has 1 aromatic carbocycles. The highest BCUT2D eigenvalue weighted by molar-refractivity contribution is 7.98. The molecule has 2 aromatic rings. The van der Waals surface area contributed by atoms with Gasteiger partial charge in [-0.2, -0.15) is 13.2 Å². The van der Waals surface area contributed by atoms with E-state index < -0.39 is 11.9 Å². The van der Waals surface area contributed by atoms with E-state index in [0.29, 0.717) is 5.82 Å². The predicted molar refractivity (Wildman–Crippen MR) is 102 cm³/mol. The zero-order valence-corrected chi connectivity index (χ0v) is 16.2. The lowest BCUT2D eigenvalue weighted by atomic mass is 10.0. The molecule has 1 saturated heterocycles. The topological polar surface area (TPSA) is 32.3 Å². The summed E-state index contributed by atoms with van der Waals surface area (Å²) in [5, 5.41) is 0. The van der Waals surface area contributed by atoms with Gasteiger partial charge in [0.2, 0.25) is 0 Å². The number of hydrogen-bond acceptors (Lipinski definition) is 5. The van der Waals surface area contributed by atoms with Gasteiger partial charge in [-0.25, -0.2) is 9.97 Å². The molecule has 0 amide bonds. The van der Waals surface area contributed by atoms with E-state index in [9.17, 15) is 13.2 Å². The summed E-state index contributed by atoms with van der Waals surface area (Å²) in [5.41, 5.74) is 0.346. The lowest BCUT2D eigenvalue weighted by Crippen LogP contribution is -2.46. The Kier molecular flexibility index (Phi) is 6.26. The maximum absolute atomic E-state index is 12.9. The molecule has 8 heteroatoms. The molecule has 0 aliphatic carbocycles. The summed E-state index contributed by atoms with van der Waals surface area (Å²) in [5.74, 6) is 0.313. The van der Waals surface area contributed by atoms with E-state index in [-0.39, 0.29) is 6.04 Å². The monoisotopic (exact) mass is 396 g/mol. The first-order valence-corrected chi connectivity index (χ1v) is 10.1. The molecule has 0 radical (unpaired) electrons. The van der Waals surface area contributed by atoms with Crippen LogP contribution < -0.4 is 4.90 Å². The van der Waals surface area contributed by atoms with E-state index in [0.717, 1.165) is 44.9 Å². The quantitative estimate of drug-likeness (QED) is 0.703. The molecule has 1 aromatic heterocycles. The predicted octanol–water partition coefficient (Wildman–Crippen LogP) is 4.32. The van der Waals surface area contributed by atoms with Crippen molar-refractivity contribution in [2.24, 2.45) is 0 Å². The lowest BCUT2D eigenvalue weighted by Gasteiger charge is -2.38. The minimum absolute atomic E-state index is 0.125. The number of anilines is 1. The van der Waals surface area contributed by atoms with Crippen molar-refractivity contribution in [1.29, 1.82) is 0 Å². The number of hydrogen-bond donors (Lipinski definition) is 0. The molecule has 0 spiro atoms. The number of likely N-dealkylation sites (tertiary alicyclic amines) is 1. The second-order valence-electron chi connectivity index (χ2n) is 6.75. The number of likely N-dealkylation sites (N-methyl/N-ethyl adjacent to an activating group) is 1. The minimum Gasteiger partial charge on any atom is -0.355 e. The first-order chi connectivity index (χ1) is 12.9. The van der Waals surface area contributed by atoms with Gasteiger partial charge in [0.05, 0.1) is 0 Å². The van der Waals surface area contributed by atoms with Gasteiger partial charge in [0.1, 0.15) is 17.8 Å². The molecular formula is C19H23F3N4S. The fourth-order valence-electron chi connectivity index (χ4n) is 3.36. The van der Waals surface area contributed by atoms with E-state index in [1.165, 1.54) is 10.5 Å². The maximum Gasteiger partial charge on any atom is 0.433 e. The molecule has 0 saturated carbocycles. The van der Waals surface area contributed by atoms with Crippen LogP contribution in [0.15, 0.2) is 41.6 Å². The van der Waals surface area contributed by atoms with E-state index >= 15 is 0 Å². The third kappa shape index (κ3) is 5.13. The summed E-state index contributed by atoms with van der Waals surface area (Å²) in [6.45, 7) is 2.63. The SMILES string of the molecule is CSc1ccc(CN2CCCC(N(C)c3cc(C(F)(F)F)ncn3)C2)cc1. The number of halogens is 3. The molecule has 1 fully saturated rings. The minimum atomic E-state index is -4.46. The van der Waals surface area contributed by atoms with Crippen LogP contribution in [0.5, 0.6) is 0 Å². The lowest BCUT2D eigenvalue weighted by molar-refractivity contribution is -0.141. The molecule has 27 heavy (non-hydrogen) atoms. The number of alkyl halides is 3. The largest absolute Gasteiger partial charge is 0.433 e. The maximum atomic E-state index is 12.9. The van der Waals surface area contributed by atoms with Crippen LogP contribution in [0.2, 0.25) is 0 Å². The molecule has 0 bridgehead atoms. The van der Waals surface area contributed by atoms with Crippen LogP contribution in [-0.4, -0.2) is 47.3 Å². The van der Waals surface area contributed by atoms with Gasteiger partial charge in [-0.05, 0) is 43.3 Å². The van der Waals surface area contributed by atoms with Crippen molar-refractivity contribution in [3.8, 4) is 0 Å². The molecular weight excluding hydrogens is 373 g/mol. The van der Waals surface area contributed by atoms with Crippen LogP contribution in [0.25, 0.3) is 0 Å². The number of thioether (sulfide) groups is 1. The molecule has 2 heterocycles. The summed E-state index contributed by atoms with van der Waals surface area (Å²) in [7, 11) is 1.81. The Morgan fingerprint density at radius 1 is 1.22 bits per heavy atom. The van der Waals surface area contributed by atoms with E-state index in [4.69, 9.17) is 0 Å². The zero-order chi connectivity index (χ0) is 19.4. The Morgan fingerprint density at radius 2 is 1.96 bits per heavy atom. The van der Waals surface area contributed by atoms with Crippen molar-refractivity contribution < 1.29 is 13.2 Å². The van der Waals surface area contributed by atoms with Crippen LogP contribution in [0.3, 0.4) is 0 Å². The van der Waals surface area contributed by atoms with E-state index in [1.54, 1.807) is 11.8 Å². The molecule has 4 nitrogen and oxygen atoms in total. The van der Waals surface area contributed by atoms with Gasteiger partial charge in [-0.1, -0.05) is 12.1 Å². The van der Waals surface area contributed by atoms with Crippen LogP contribution in [0.4, 0.5) is 19.0 Å². The standard InChI is InChI=1S/C19H23F3N4S/c1-25(18-10-17(19(20,21)22)23-13-24-18)15-4-3-9-26(12-15)11-14-5-7-16(27-2)8-6-14/h5-8,10,13,15H,3-4,9,11-12H2,1-2H3. The summed E-state index contributed by atoms with van der Waals surface area (Å²) in [6.07, 6.45) is 0.527.